The number of rotatable bonds is 3. The number of hydrazine groups is 1. The number of hydrogen-bond donors (Lipinski definition) is 3. The molecule has 4 nitrogen and oxygen atoms in total. The second kappa shape index (κ2) is 5.84. The first-order valence-corrected chi connectivity index (χ1v) is 5.95. The maximum absolute atomic E-state index is 13.1. The molecule has 7 heteroatoms. The molecule has 2 aromatic rings. The Labute approximate surface area is 118 Å². The normalized spacial score (nSPS) is 10.3. The molecule has 0 radical (unpaired) electrons. The summed E-state index contributed by atoms with van der Waals surface area (Å²) < 4.78 is 39.0. The number of benzene rings is 2. The van der Waals surface area contributed by atoms with E-state index in [9.17, 15) is 18.0 Å². The number of nitrogens with two attached hydrogens (primary N) is 1. The molecule has 0 saturated carbocycles. The van der Waals surface area contributed by atoms with Crippen LogP contribution in [0.1, 0.15) is 15.9 Å². The van der Waals surface area contributed by atoms with E-state index < -0.39 is 23.4 Å². The Kier molecular flexibility index (Phi) is 4.13. The predicted octanol–water partition coefficient (Wildman–Crippen LogP) is 2.95. The number of aryl methyl sites for hydroxylation is 1. The number of nitrogen functional groups attached to an aromatic ring is 1. The Balaban J connectivity index is 2.24. The SMILES string of the molecule is Cc1cc(C(=O)Nc2cc(F)c(F)c(F)c2)ccc1NN. The van der Waals surface area contributed by atoms with Crippen molar-refractivity contribution in [1.82, 2.24) is 0 Å². The summed E-state index contributed by atoms with van der Waals surface area (Å²) >= 11 is 0. The van der Waals surface area contributed by atoms with E-state index in [1.807, 2.05) is 0 Å². The van der Waals surface area contributed by atoms with Crippen LogP contribution < -0.4 is 16.6 Å². The molecule has 0 spiro atoms. The van der Waals surface area contributed by atoms with E-state index in [-0.39, 0.29) is 11.3 Å². The molecule has 1 amide bonds. The van der Waals surface area contributed by atoms with Gasteiger partial charge >= 0.3 is 0 Å². The second-order valence-electron chi connectivity index (χ2n) is 4.38. The average Bonchev–Trinajstić information content (AvgIpc) is 2.44. The standard InChI is InChI=1S/C14H12F3N3O/c1-7-4-8(2-3-12(7)20-18)14(21)19-9-5-10(15)13(17)11(16)6-9/h2-6,20H,18H2,1H3,(H,19,21). The molecule has 0 aromatic heterocycles. The zero-order valence-corrected chi connectivity index (χ0v) is 11.0. The summed E-state index contributed by atoms with van der Waals surface area (Å²) in [6.07, 6.45) is 0. The molecule has 0 aliphatic carbocycles. The monoisotopic (exact) mass is 295 g/mol. The predicted molar refractivity (Wildman–Crippen MR) is 73.3 cm³/mol. The van der Waals surface area contributed by atoms with E-state index in [1.54, 1.807) is 19.1 Å². The summed E-state index contributed by atoms with van der Waals surface area (Å²) in [5, 5.41) is 2.29. The van der Waals surface area contributed by atoms with Crippen molar-refractivity contribution in [3.63, 3.8) is 0 Å². The van der Waals surface area contributed by atoms with Crippen LogP contribution in [0.3, 0.4) is 0 Å². The lowest BCUT2D eigenvalue weighted by molar-refractivity contribution is 0.102. The number of anilines is 2. The van der Waals surface area contributed by atoms with Crippen molar-refractivity contribution in [2.45, 2.75) is 6.92 Å². The van der Waals surface area contributed by atoms with Gasteiger partial charge in [-0.15, -0.1) is 0 Å². The van der Waals surface area contributed by atoms with Crippen molar-refractivity contribution in [2.75, 3.05) is 10.7 Å². The van der Waals surface area contributed by atoms with Crippen molar-refractivity contribution in [3.05, 3.63) is 58.9 Å². The summed E-state index contributed by atoms with van der Waals surface area (Å²) in [5.41, 5.74) is 3.93. The molecule has 0 saturated heterocycles. The van der Waals surface area contributed by atoms with Gasteiger partial charge in [0.15, 0.2) is 17.5 Å². The Morgan fingerprint density at radius 2 is 1.71 bits per heavy atom. The van der Waals surface area contributed by atoms with Gasteiger partial charge in [0.1, 0.15) is 0 Å². The summed E-state index contributed by atoms with van der Waals surface area (Å²) in [7, 11) is 0. The van der Waals surface area contributed by atoms with E-state index in [1.165, 1.54) is 6.07 Å². The van der Waals surface area contributed by atoms with E-state index in [2.05, 4.69) is 10.7 Å². The molecule has 2 aromatic carbocycles. The van der Waals surface area contributed by atoms with Crippen LogP contribution in [0.15, 0.2) is 30.3 Å². The molecule has 0 heterocycles. The molecule has 0 aliphatic heterocycles. The average molecular weight is 295 g/mol. The molecule has 110 valence electrons. The third kappa shape index (κ3) is 3.14. The Morgan fingerprint density at radius 1 is 1.10 bits per heavy atom. The topological polar surface area (TPSA) is 67.2 Å². The van der Waals surface area contributed by atoms with Crippen LogP contribution >= 0.6 is 0 Å². The Bertz CT molecular complexity index is 681. The van der Waals surface area contributed by atoms with Crippen LogP contribution in [-0.2, 0) is 0 Å². The number of nitrogens with one attached hydrogen (secondary N) is 2. The molecule has 0 fully saturated rings. The van der Waals surface area contributed by atoms with E-state index in [0.29, 0.717) is 17.8 Å². The largest absolute Gasteiger partial charge is 0.324 e. The smallest absolute Gasteiger partial charge is 0.255 e. The molecular formula is C14H12F3N3O. The van der Waals surface area contributed by atoms with Gasteiger partial charge in [0, 0.05) is 23.4 Å². The first-order valence-electron chi connectivity index (χ1n) is 5.95. The van der Waals surface area contributed by atoms with Crippen molar-refractivity contribution >= 4 is 17.3 Å². The lowest BCUT2D eigenvalue weighted by Crippen LogP contribution is -2.14. The highest BCUT2D eigenvalue weighted by Gasteiger charge is 2.13. The highest BCUT2D eigenvalue weighted by Crippen LogP contribution is 2.19. The van der Waals surface area contributed by atoms with Gasteiger partial charge in [0.05, 0.1) is 5.69 Å². The van der Waals surface area contributed by atoms with E-state index in [4.69, 9.17) is 5.84 Å². The third-order valence-corrected chi connectivity index (χ3v) is 2.89. The molecule has 0 atom stereocenters. The van der Waals surface area contributed by atoms with Gasteiger partial charge < -0.3 is 10.7 Å². The quantitative estimate of drug-likeness (QED) is 0.463. The number of halogens is 3. The number of amides is 1. The highest BCUT2D eigenvalue weighted by atomic mass is 19.2. The first kappa shape index (κ1) is 14.9. The van der Waals surface area contributed by atoms with Crippen molar-refractivity contribution < 1.29 is 18.0 Å². The minimum Gasteiger partial charge on any atom is -0.324 e. The molecule has 0 aliphatic rings. The van der Waals surface area contributed by atoms with Crippen molar-refractivity contribution in [1.29, 1.82) is 0 Å². The van der Waals surface area contributed by atoms with Gasteiger partial charge in [-0.2, -0.15) is 0 Å². The fourth-order valence-electron chi connectivity index (χ4n) is 1.80. The summed E-state index contributed by atoms with van der Waals surface area (Å²) in [6, 6.07) is 6.06. The van der Waals surface area contributed by atoms with Crippen molar-refractivity contribution in [2.24, 2.45) is 5.84 Å². The number of carbonyl (C=O) groups excluding carboxylic acids is 1. The fraction of sp³-hybridized carbons (Fsp3) is 0.0714. The molecule has 4 N–H and O–H groups in total. The molecule has 0 bridgehead atoms. The van der Waals surface area contributed by atoms with Gasteiger partial charge in [0.2, 0.25) is 0 Å². The molecule has 21 heavy (non-hydrogen) atoms. The minimum absolute atomic E-state index is 0.171. The van der Waals surface area contributed by atoms with Gasteiger partial charge in [-0.3, -0.25) is 10.6 Å². The minimum atomic E-state index is -1.58. The lowest BCUT2D eigenvalue weighted by atomic mass is 10.1. The summed E-state index contributed by atoms with van der Waals surface area (Å²) in [5.74, 6) is 0.378. The highest BCUT2D eigenvalue weighted by molar-refractivity contribution is 6.04. The first-order chi connectivity index (χ1) is 9.92. The van der Waals surface area contributed by atoms with Gasteiger partial charge in [-0.1, -0.05) is 0 Å². The van der Waals surface area contributed by atoms with Crippen LogP contribution in [0.2, 0.25) is 0 Å². The van der Waals surface area contributed by atoms with Crippen LogP contribution in [0.25, 0.3) is 0 Å². The lowest BCUT2D eigenvalue weighted by Gasteiger charge is -2.09. The summed E-state index contributed by atoms with van der Waals surface area (Å²) in [4.78, 5) is 12.0. The number of carbonyl (C=O) groups is 1. The van der Waals surface area contributed by atoms with E-state index >= 15 is 0 Å². The molecule has 2 rings (SSSR count). The summed E-state index contributed by atoms with van der Waals surface area (Å²) in [6.45, 7) is 1.74. The second-order valence-corrected chi connectivity index (χ2v) is 4.38. The maximum Gasteiger partial charge on any atom is 0.255 e. The van der Waals surface area contributed by atoms with Gasteiger partial charge in [0.25, 0.3) is 5.91 Å². The van der Waals surface area contributed by atoms with Crippen LogP contribution in [-0.4, -0.2) is 5.91 Å². The van der Waals surface area contributed by atoms with Crippen LogP contribution in [0.4, 0.5) is 24.5 Å². The Hall–Kier alpha value is -2.54. The molecule has 0 unspecified atom stereocenters. The maximum atomic E-state index is 13.1. The van der Waals surface area contributed by atoms with E-state index in [0.717, 1.165) is 5.56 Å². The third-order valence-electron chi connectivity index (χ3n) is 2.89. The van der Waals surface area contributed by atoms with Gasteiger partial charge in [-0.25, -0.2) is 13.2 Å². The van der Waals surface area contributed by atoms with Crippen LogP contribution in [0.5, 0.6) is 0 Å². The Morgan fingerprint density at radius 3 is 2.24 bits per heavy atom. The zero-order valence-electron chi connectivity index (χ0n) is 11.0. The molecular weight excluding hydrogens is 283 g/mol. The zero-order chi connectivity index (χ0) is 15.6. The van der Waals surface area contributed by atoms with Gasteiger partial charge in [-0.05, 0) is 30.7 Å². The number of hydrogen-bond acceptors (Lipinski definition) is 3. The van der Waals surface area contributed by atoms with Crippen molar-refractivity contribution in [3.8, 4) is 0 Å². The fourth-order valence-corrected chi connectivity index (χ4v) is 1.80. The van der Waals surface area contributed by atoms with Crippen LogP contribution in [0, 0.1) is 24.4 Å².